The Bertz CT molecular complexity index is 3150. The predicted molar refractivity (Wildman–Crippen MR) is 316 cm³/mol. The summed E-state index contributed by atoms with van der Waals surface area (Å²) in [5.74, 6) is 5.63. The number of hydrogen-bond donors (Lipinski definition) is 8. The molecular formula is C69H84N4O7. The third-order valence-corrected chi connectivity index (χ3v) is 20.0. The molecule has 10 unspecified atom stereocenters. The normalized spacial score (nSPS) is 29.2. The highest BCUT2D eigenvalue weighted by molar-refractivity contribution is 6.06. The lowest BCUT2D eigenvalue weighted by Crippen LogP contribution is -2.50. The molecule has 0 saturated heterocycles. The van der Waals surface area contributed by atoms with Gasteiger partial charge in [-0.25, -0.2) is 0 Å². The maximum absolute atomic E-state index is 15.4. The first kappa shape index (κ1) is 55.7. The lowest BCUT2D eigenvalue weighted by molar-refractivity contribution is -0.142. The molecule has 5 aromatic rings. The number of carbonyl (C=O) groups is 2. The highest BCUT2D eigenvalue weighted by Crippen LogP contribution is 2.58. The number of aromatic amines is 1. The number of aliphatic hydroxyl groups is 3. The number of methoxy groups -OCH3 is 1. The van der Waals surface area contributed by atoms with E-state index >= 15 is 4.79 Å². The van der Waals surface area contributed by atoms with Gasteiger partial charge in [-0.2, -0.15) is 0 Å². The number of anilines is 1. The summed E-state index contributed by atoms with van der Waals surface area (Å²) in [6.45, 7) is 6.21. The van der Waals surface area contributed by atoms with Gasteiger partial charge < -0.3 is 46.1 Å². The van der Waals surface area contributed by atoms with Crippen LogP contribution < -0.4 is 20.7 Å². The second kappa shape index (κ2) is 24.1. The van der Waals surface area contributed by atoms with Gasteiger partial charge in [-0.3, -0.25) is 9.59 Å². The summed E-state index contributed by atoms with van der Waals surface area (Å²) < 4.78 is 5.57. The zero-order valence-corrected chi connectivity index (χ0v) is 47.2. The number of H-pyrrole nitrogens is 1. The molecule has 3 fully saturated rings. The molecule has 11 rings (SSSR count). The van der Waals surface area contributed by atoms with Gasteiger partial charge in [-0.15, -0.1) is 0 Å². The Morgan fingerprint density at radius 1 is 0.800 bits per heavy atom. The number of allylic oxidation sites excluding steroid dienone is 2. The minimum absolute atomic E-state index is 0.0256. The summed E-state index contributed by atoms with van der Waals surface area (Å²) in [7, 11) is 1.50. The topological polar surface area (TPSA) is 176 Å². The average Bonchev–Trinajstić information content (AvgIpc) is 4.24. The first-order valence-corrected chi connectivity index (χ1v) is 30.2. The number of β-amino-alcohol motifs (C(OH)–C–C–N with tert-alkyl or cyclic N) is 1. The number of benzene rings is 4. The van der Waals surface area contributed by atoms with Crippen LogP contribution in [0, 0.1) is 46.8 Å². The number of phenolic OH excluding ortho intramolecular Hbond substituents is 1. The Hall–Kier alpha value is -6.16. The highest BCUT2D eigenvalue weighted by atomic mass is 16.5. The Labute approximate surface area is 473 Å². The Kier molecular flexibility index (Phi) is 16.8. The molecule has 4 aliphatic carbocycles. The number of rotatable bonds is 4. The molecule has 422 valence electrons. The lowest BCUT2D eigenvalue weighted by atomic mass is 9.56. The van der Waals surface area contributed by atoms with Gasteiger partial charge in [0.25, 0.3) is 0 Å². The Balaban J connectivity index is 1.04. The summed E-state index contributed by atoms with van der Waals surface area (Å²) >= 11 is 0. The van der Waals surface area contributed by atoms with Crippen LogP contribution in [0.25, 0.3) is 10.8 Å². The van der Waals surface area contributed by atoms with Crippen LogP contribution in [-0.4, -0.2) is 82.0 Å². The van der Waals surface area contributed by atoms with E-state index in [1.165, 1.54) is 43.9 Å². The highest BCUT2D eigenvalue weighted by Gasteiger charge is 2.53. The fourth-order valence-corrected chi connectivity index (χ4v) is 15.5. The van der Waals surface area contributed by atoms with Crippen molar-refractivity contribution in [1.82, 2.24) is 15.6 Å². The fraction of sp³-hybridized carbons (Fsp3) is 0.507. The maximum atomic E-state index is 15.4. The van der Waals surface area contributed by atoms with Crippen LogP contribution in [0.4, 0.5) is 5.69 Å². The number of aryl methyl sites for hydroxylation is 1. The number of aliphatic hydroxyl groups excluding tert-OH is 3. The molecular weight excluding hydrogens is 997 g/mol. The van der Waals surface area contributed by atoms with Crippen LogP contribution >= 0.6 is 0 Å². The number of phenols is 1. The third kappa shape index (κ3) is 11.8. The third-order valence-electron chi connectivity index (χ3n) is 20.0. The molecule has 11 nitrogen and oxygen atoms in total. The number of ketones is 2. The zero-order chi connectivity index (χ0) is 55.5. The van der Waals surface area contributed by atoms with Crippen LogP contribution in [0.15, 0.2) is 115 Å². The Morgan fingerprint density at radius 3 is 2.39 bits per heavy atom. The number of carbonyl (C=O) groups excluding carboxylic acids is 2. The molecule has 80 heavy (non-hydrogen) atoms. The second-order valence-corrected chi connectivity index (χ2v) is 25.1. The molecule has 3 saturated carbocycles. The molecule has 4 aromatic carbocycles. The van der Waals surface area contributed by atoms with Crippen molar-refractivity contribution in [2.24, 2.45) is 35.0 Å². The van der Waals surface area contributed by atoms with E-state index in [9.17, 15) is 25.2 Å². The van der Waals surface area contributed by atoms with Gasteiger partial charge in [0.05, 0.1) is 25.2 Å². The summed E-state index contributed by atoms with van der Waals surface area (Å²) in [6, 6.07) is 28.6. The molecule has 10 atom stereocenters. The maximum Gasteiger partial charge on any atom is 0.173 e. The standard InChI is InChI=1S/C69H84N4O7/c1-4-10-57-52-32-46(31-49-16-19-56(48-11-6-5-7-12-48)58-39-61(76)62(80-3)37-50(58)17-20-60(75)66(78)65(77)59(49)36-52)29-45-21-28-71-64(34-45)73-54-18-15-47-14-13-44(30-51(47)35-54)33-55(74)42-70-40-43(2)53-38-63(72-41-53)69(67(57)79)26-24-68(25-27-69)22-8-9-23-68/h5-7,11-15,18,21,30,34-35,37-39,41,43,46,49,52,55-57,59,66-67,70-74,76,78-79H,4,8-10,17,20,22-29,31-33,36,40,42H2,1-3H3. The number of aromatic nitrogens is 1. The number of Topliss-reactive ketones (excluding diaryl/α,β-unsaturated/α-hetero) is 2. The summed E-state index contributed by atoms with van der Waals surface area (Å²) in [4.78, 5) is 33.5. The van der Waals surface area contributed by atoms with Gasteiger partial charge in [0, 0.05) is 60.9 Å². The van der Waals surface area contributed by atoms with Crippen molar-refractivity contribution in [3.63, 3.8) is 0 Å². The molecule has 9 bridgehead atoms. The molecule has 0 radical (unpaired) electrons. The van der Waals surface area contributed by atoms with Crippen molar-refractivity contribution in [3.05, 3.63) is 148 Å². The summed E-state index contributed by atoms with van der Waals surface area (Å²) in [5, 5.41) is 61.6. The molecule has 1 aromatic heterocycles. The number of nitrogens with one attached hydrogen (secondary N) is 4. The van der Waals surface area contributed by atoms with Crippen molar-refractivity contribution in [3.8, 4) is 23.3 Å². The van der Waals surface area contributed by atoms with Crippen molar-refractivity contribution < 1.29 is 34.8 Å². The van der Waals surface area contributed by atoms with Crippen LogP contribution in [0.5, 0.6) is 11.5 Å². The fourth-order valence-electron chi connectivity index (χ4n) is 15.5. The summed E-state index contributed by atoms with van der Waals surface area (Å²) in [6.07, 6.45) is 17.0. The summed E-state index contributed by atoms with van der Waals surface area (Å²) in [5.41, 5.74) is 7.65. The van der Waals surface area contributed by atoms with E-state index < -0.39 is 53.0 Å². The van der Waals surface area contributed by atoms with E-state index in [4.69, 9.17) is 4.74 Å². The largest absolute Gasteiger partial charge is 0.504 e. The first-order chi connectivity index (χ1) is 38.8. The molecule has 3 heterocycles. The Morgan fingerprint density at radius 2 is 1.60 bits per heavy atom. The van der Waals surface area contributed by atoms with Crippen LogP contribution in [0.1, 0.15) is 156 Å². The van der Waals surface area contributed by atoms with Gasteiger partial charge in [0.15, 0.2) is 29.2 Å². The van der Waals surface area contributed by atoms with Gasteiger partial charge in [0.1, 0.15) is 5.82 Å². The van der Waals surface area contributed by atoms with Crippen molar-refractivity contribution in [1.29, 1.82) is 0 Å². The molecule has 11 heteroatoms. The molecule has 6 aliphatic rings. The number of ether oxygens (including phenoxy) is 1. The van der Waals surface area contributed by atoms with Crippen molar-refractivity contribution in [2.75, 3.05) is 32.1 Å². The van der Waals surface area contributed by atoms with Gasteiger partial charge in [-0.05, 0) is 193 Å². The van der Waals surface area contributed by atoms with Crippen molar-refractivity contribution in [2.45, 2.75) is 159 Å². The lowest BCUT2D eigenvalue weighted by Gasteiger charge is -2.50. The molecule has 2 spiro atoms. The minimum atomic E-state index is -1.83. The van der Waals surface area contributed by atoms with Gasteiger partial charge in [-0.1, -0.05) is 106 Å². The smallest absolute Gasteiger partial charge is 0.173 e. The predicted octanol–water partition coefficient (Wildman–Crippen LogP) is 11.4. The molecule has 8 N–H and O–H groups in total. The monoisotopic (exact) mass is 1080 g/mol. The zero-order valence-electron chi connectivity index (χ0n) is 47.2. The SMILES string of the molecule is CCCC1C2CC(CC3=CCNC(=C3)Nc3ccc4ccc(cc4c3)CC(O)CNCC(C)c3c[nH]c(c3)C3(CCC4(CCCC4)CC3)C1O)CC1C#CC(c3ccccc3)c3cc(O)c(OC)cc3CCC(=O)C(O)C(=O)C1C2. The molecule has 2 aliphatic heterocycles. The number of dihydropyridines is 1. The average molecular weight is 1080 g/mol. The van der Waals surface area contributed by atoms with E-state index in [1.807, 2.05) is 30.3 Å². The van der Waals surface area contributed by atoms with Crippen LogP contribution in [0.2, 0.25) is 0 Å². The number of fused-ring (bicyclic) bond motifs is 10. The van der Waals surface area contributed by atoms with E-state index in [0.29, 0.717) is 50.7 Å². The van der Waals surface area contributed by atoms with E-state index in [-0.39, 0.29) is 48.0 Å². The van der Waals surface area contributed by atoms with Crippen LogP contribution in [-0.2, 0) is 27.8 Å². The van der Waals surface area contributed by atoms with Crippen LogP contribution in [0.3, 0.4) is 0 Å². The number of hydrogen-bond acceptors (Lipinski definition) is 10. The van der Waals surface area contributed by atoms with Gasteiger partial charge in [0.2, 0.25) is 0 Å². The van der Waals surface area contributed by atoms with E-state index in [1.54, 1.807) is 12.1 Å². The quantitative estimate of drug-likeness (QED) is 0.0639. The first-order valence-electron chi connectivity index (χ1n) is 30.2. The minimum Gasteiger partial charge on any atom is -0.504 e. The number of aromatic hydroxyl groups is 1. The van der Waals surface area contributed by atoms with Crippen molar-refractivity contribution >= 4 is 28.0 Å². The van der Waals surface area contributed by atoms with E-state index in [2.05, 4.69) is 107 Å². The molecule has 0 amide bonds. The second-order valence-electron chi connectivity index (χ2n) is 25.1. The van der Waals surface area contributed by atoms with Gasteiger partial charge >= 0.3 is 0 Å². The van der Waals surface area contributed by atoms with E-state index in [0.717, 1.165) is 95.2 Å².